The average molecular weight is 329 g/mol. The molecule has 1 aliphatic rings. The zero-order valence-corrected chi connectivity index (χ0v) is 14.5. The van der Waals surface area contributed by atoms with Gasteiger partial charge in [-0.3, -0.25) is 0 Å². The predicted octanol–water partition coefficient (Wildman–Crippen LogP) is 4.30. The molecule has 3 rings (SSSR count). The zero-order chi connectivity index (χ0) is 16.4. The smallest absolute Gasteiger partial charge is 0.207 e. The van der Waals surface area contributed by atoms with Crippen molar-refractivity contribution in [3.05, 3.63) is 65.7 Å². The molecule has 122 valence electrons. The Balaban J connectivity index is 2.03. The van der Waals surface area contributed by atoms with Crippen molar-refractivity contribution in [2.75, 3.05) is 0 Å². The molecule has 0 unspecified atom stereocenters. The highest BCUT2D eigenvalue weighted by molar-refractivity contribution is 7.89. The molecular formula is C19H23NO2S. The summed E-state index contributed by atoms with van der Waals surface area (Å²) in [6.07, 6.45) is 2.64. The van der Waals surface area contributed by atoms with E-state index in [2.05, 4.69) is 6.92 Å². The number of rotatable bonds is 4. The Morgan fingerprint density at radius 2 is 1.65 bits per heavy atom. The number of benzene rings is 2. The third kappa shape index (κ3) is 3.06. The van der Waals surface area contributed by atoms with Crippen molar-refractivity contribution in [2.24, 2.45) is 0 Å². The summed E-state index contributed by atoms with van der Waals surface area (Å²) < 4.78 is 28.2. The normalized spacial score (nSPS) is 22.3. The first-order valence-electron chi connectivity index (χ1n) is 8.19. The largest absolute Gasteiger partial charge is 0.243 e. The highest BCUT2D eigenvalue weighted by Crippen LogP contribution is 2.41. The van der Waals surface area contributed by atoms with E-state index in [1.165, 1.54) is 0 Å². The third-order valence-corrected chi connectivity index (χ3v) is 6.67. The molecule has 0 N–H and O–H groups in total. The first-order valence-corrected chi connectivity index (χ1v) is 9.63. The van der Waals surface area contributed by atoms with Gasteiger partial charge in [0.2, 0.25) is 10.0 Å². The topological polar surface area (TPSA) is 37.4 Å². The molecule has 0 amide bonds. The van der Waals surface area contributed by atoms with Crippen molar-refractivity contribution in [3.8, 4) is 0 Å². The van der Waals surface area contributed by atoms with E-state index in [1.54, 1.807) is 16.4 Å². The monoisotopic (exact) mass is 329 g/mol. The number of aryl methyl sites for hydroxylation is 1. The average Bonchev–Trinajstić information content (AvgIpc) is 3.01. The number of hydrogen-bond acceptors (Lipinski definition) is 2. The number of nitrogens with zero attached hydrogens (tertiary/aromatic N) is 1. The second kappa shape index (κ2) is 6.46. The fourth-order valence-corrected chi connectivity index (χ4v) is 5.36. The zero-order valence-electron chi connectivity index (χ0n) is 13.6. The van der Waals surface area contributed by atoms with Crippen molar-refractivity contribution < 1.29 is 8.42 Å². The summed E-state index contributed by atoms with van der Waals surface area (Å²) in [6.45, 7) is 4.03. The van der Waals surface area contributed by atoms with E-state index in [1.807, 2.05) is 49.4 Å². The number of hydrogen-bond donors (Lipinski definition) is 0. The van der Waals surface area contributed by atoms with Crippen molar-refractivity contribution in [3.63, 3.8) is 0 Å². The number of sulfonamides is 1. The lowest BCUT2D eigenvalue weighted by atomic mass is 10.1. The van der Waals surface area contributed by atoms with E-state index in [0.717, 1.165) is 30.4 Å². The summed E-state index contributed by atoms with van der Waals surface area (Å²) >= 11 is 0. The van der Waals surface area contributed by atoms with Crippen LogP contribution in [0.2, 0.25) is 0 Å². The Labute approximate surface area is 139 Å². The summed E-state index contributed by atoms with van der Waals surface area (Å²) in [5.74, 6) is 0. The standard InChI is InChI=1S/C19H23NO2S/c1-3-17-11-14-19(16-7-5-4-6-8-16)20(17)23(21,22)18-12-9-15(2)10-13-18/h4-10,12-13,17,19H,3,11,14H2,1-2H3/t17-,19+/m0/s1. The predicted molar refractivity (Wildman–Crippen MR) is 92.7 cm³/mol. The van der Waals surface area contributed by atoms with Crippen LogP contribution in [0.3, 0.4) is 0 Å². The van der Waals surface area contributed by atoms with Crippen LogP contribution in [-0.4, -0.2) is 18.8 Å². The van der Waals surface area contributed by atoms with E-state index in [0.29, 0.717) is 4.90 Å². The van der Waals surface area contributed by atoms with Crippen molar-refractivity contribution in [1.29, 1.82) is 0 Å². The van der Waals surface area contributed by atoms with Gasteiger partial charge in [0.15, 0.2) is 0 Å². The van der Waals surface area contributed by atoms with Gasteiger partial charge in [0.25, 0.3) is 0 Å². The fraction of sp³-hybridized carbons (Fsp3) is 0.368. The van der Waals surface area contributed by atoms with Crippen molar-refractivity contribution in [2.45, 2.75) is 50.1 Å². The summed E-state index contributed by atoms with van der Waals surface area (Å²) in [4.78, 5) is 0.393. The van der Waals surface area contributed by atoms with Gasteiger partial charge in [-0.15, -0.1) is 0 Å². The lowest BCUT2D eigenvalue weighted by molar-refractivity contribution is 0.319. The quantitative estimate of drug-likeness (QED) is 0.838. The minimum atomic E-state index is -3.48. The molecule has 1 heterocycles. The van der Waals surface area contributed by atoms with Gasteiger partial charge in [0.1, 0.15) is 0 Å². The van der Waals surface area contributed by atoms with Gasteiger partial charge in [0, 0.05) is 6.04 Å². The van der Waals surface area contributed by atoms with Crippen LogP contribution in [-0.2, 0) is 10.0 Å². The second-order valence-corrected chi connectivity index (χ2v) is 8.06. The van der Waals surface area contributed by atoms with E-state index >= 15 is 0 Å². The van der Waals surface area contributed by atoms with Crippen LogP contribution >= 0.6 is 0 Å². The highest BCUT2D eigenvalue weighted by Gasteiger charge is 2.41. The van der Waals surface area contributed by atoms with Crippen LogP contribution in [0.4, 0.5) is 0 Å². The SMILES string of the molecule is CC[C@H]1CC[C@H](c2ccccc2)N1S(=O)(=O)c1ccc(C)cc1. The van der Waals surface area contributed by atoms with Crippen LogP contribution in [0.15, 0.2) is 59.5 Å². The van der Waals surface area contributed by atoms with Crippen LogP contribution < -0.4 is 0 Å². The lowest BCUT2D eigenvalue weighted by Gasteiger charge is -2.29. The molecule has 0 aliphatic carbocycles. The molecule has 3 nitrogen and oxygen atoms in total. The molecule has 0 radical (unpaired) electrons. The molecule has 0 saturated carbocycles. The molecule has 1 saturated heterocycles. The molecule has 1 fully saturated rings. The Morgan fingerprint density at radius 3 is 2.26 bits per heavy atom. The molecule has 2 aromatic carbocycles. The molecule has 4 heteroatoms. The van der Waals surface area contributed by atoms with Crippen molar-refractivity contribution >= 4 is 10.0 Å². The van der Waals surface area contributed by atoms with E-state index in [4.69, 9.17) is 0 Å². The minimum absolute atomic E-state index is 0.0625. The molecule has 23 heavy (non-hydrogen) atoms. The maximum Gasteiger partial charge on any atom is 0.243 e. The highest BCUT2D eigenvalue weighted by atomic mass is 32.2. The Bertz CT molecular complexity index is 754. The minimum Gasteiger partial charge on any atom is -0.207 e. The molecule has 0 bridgehead atoms. The van der Waals surface area contributed by atoms with Gasteiger partial charge in [-0.2, -0.15) is 4.31 Å². The second-order valence-electron chi connectivity index (χ2n) is 6.21. The Hall–Kier alpha value is -1.65. The maximum absolute atomic E-state index is 13.2. The summed E-state index contributed by atoms with van der Waals surface area (Å²) in [6, 6.07) is 17.2. The van der Waals surface area contributed by atoms with Gasteiger partial charge in [-0.05, 0) is 43.9 Å². The summed E-state index contributed by atoms with van der Waals surface area (Å²) in [5.41, 5.74) is 2.15. The van der Waals surface area contributed by atoms with Crippen molar-refractivity contribution in [1.82, 2.24) is 4.31 Å². The molecule has 2 atom stereocenters. The van der Waals surface area contributed by atoms with E-state index in [9.17, 15) is 8.42 Å². The summed E-state index contributed by atoms with van der Waals surface area (Å²) in [7, 11) is -3.48. The van der Waals surface area contributed by atoms with Gasteiger partial charge >= 0.3 is 0 Å². The first kappa shape index (κ1) is 16.2. The van der Waals surface area contributed by atoms with Gasteiger partial charge in [0.05, 0.1) is 10.9 Å². The fourth-order valence-electron chi connectivity index (χ4n) is 3.43. The Morgan fingerprint density at radius 1 is 1.00 bits per heavy atom. The molecular weight excluding hydrogens is 306 g/mol. The molecule has 2 aromatic rings. The first-order chi connectivity index (χ1) is 11.0. The Kier molecular flexibility index (Phi) is 4.55. The lowest BCUT2D eigenvalue weighted by Crippen LogP contribution is -2.37. The van der Waals surface area contributed by atoms with Crippen LogP contribution in [0.25, 0.3) is 0 Å². The van der Waals surface area contributed by atoms with Gasteiger partial charge in [-0.25, -0.2) is 8.42 Å². The molecule has 0 spiro atoms. The van der Waals surface area contributed by atoms with Crippen LogP contribution in [0, 0.1) is 6.92 Å². The van der Waals surface area contributed by atoms with E-state index < -0.39 is 10.0 Å². The van der Waals surface area contributed by atoms with Gasteiger partial charge < -0.3 is 0 Å². The van der Waals surface area contributed by atoms with Crippen LogP contribution in [0.1, 0.15) is 43.4 Å². The summed E-state index contributed by atoms with van der Waals surface area (Å²) in [5, 5.41) is 0. The van der Waals surface area contributed by atoms with E-state index in [-0.39, 0.29) is 12.1 Å². The molecule has 0 aromatic heterocycles. The maximum atomic E-state index is 13.2. The molecule has 1 aliphatic heterocycles. The third-order valence-electron chi connectivity index (χ3n) is 4.69. The van der Waals surface area contributed by atoms with Gasteiger partial charge in [-0.1, -0.05) is 55.0 Å². The van der Waals surface area contributed by atoms with Crippen LogP contribution in [0.5, 0.6) is 0 Å².